The van der Waals surface area contributed by atoms with Crippen LogP contribution in [0.5, 0.6) is 0 Å². The quantitative estimate of drug-likeness (QED) is 0.746. The summed E-state index contributed by atoms with van der Waals surface area (Å²) in [6.45, 7) is 1.29. The molecule has 8 heteroatoms. The standard InChI is InChI=1S/C18H14ClN3O4/c1-10-13(19)7-4-8-14(10)20-15(23)9-22-17(24)12-6-3-2-5-11(12)16(21-22)18(25)26/h2-8H,9H2,1H3,(H,20,23)(H,25,26)/p-1. The normalized spacial score (nSPS) is 10.7. The molecule has 0 fully saturated rings. The number of carboxylic acid groups (broad SMARTS) is 1. The van der Waals surface area contributed by atoms with Gasteiger partial charge in [0.05, 0.1) is 11.4 Å². The van der Waals surface area contributed by atoms with Crippen LogP contribution < -0.4 is 16.0 Å². The van der Waals surface area contributed by atoms with E-state index in [2.05, 4.69) is 10.4 Å². The minimum atomic E-state index is -1.53. The highest BCUT2D eigenvalue weighted by molar-refractivity contribution is 6.31. The van der Waals surface area contributed by atoms with Crippen molar-refractivity contribution in [2.24, 2.45) is 0 Å². The Kier molecular flexibility index (Phi) is 4.73. The van der Waals surface area contributed by atoms with E-state index in [1.54, 1.807) is 37.3 Å². The number of carboxylic acids is 1. The molecule has 3 rings (SSSR count). The molecule has 0 aliphatic rings. The molecular formula is C18H13ClN3O4-. The van der Waals surface area contributed by atoms with Gasteiger partial charge in [0, 0.05) is 16.1 Å². The van der Waals surface area contributed by atoms with Gasteiger partial charge >= 0.3 is 0 Å². The van der Waals surface area contributed by atoms with Crippen LogP contribution in [0.15, 0.2) is 47.3 Å². The van der Waals surface area contributed by atoms with Crippen LogP contribution in [0.25, 0.3) is 10.8 Å². The Bertz CT molecular complexity index is 1090. The van der Waals surface area contributed by atoms with Crippen LogP contribution in [0.4, 0.5) is 5.69 Å². The van der Waals surface area contributed by atoms with Crippen LogP contribution >= 0.6 is 11.6 Å². The molecule has 1 N–H and O–H groups in total. The maximum Gasteiger partial charge on any atom is 0.275 e. The minimum absolute atomic E-state index is 0.147. The van der Waals surface area contributed by atoms with Gasteiger partial charge in [0.25, 0.3) is 5.56 Å². The number of halogens is 1. The Morgan fingerprint density at radius 3 is 2.54 bits per heavy atom. The van der Waals surface area contributed by atoms with Crippen molar-refractivity contribution in [2.75, 3.05) is 5.32 Å². The van der Waals surface area contributed by atoms with Crippen LogP contribution in [-0.2, 0) is 11.3 Å². The lowest BCUT2D eigenvalue weighted by Crippen LogP contribution is -2.34. The Hall–Kier alpha value is -3.19. The molecule has 1 amide bonds. The first kappa shape index (κ1) is 17.6. The highest BCUT2D eigenvalue weighted by Gasteiger charge is 2.14. The van der Waals surface area contributed by atoms with E-state index in [-0.39, 0.29) is 10.8 Å². The molecule has 2 aromatic carbocycles. The second-order valence-corrected chi connectivity index (χ2v) is 6.01. The predicted octanol–water partition coefficient (Wildman–Crippen LogP) is 1.36. The summed E-state index contributed by atoms with van der Waals surface area (Å²) in [5.41, 5.74) is 0.212. The van der Waals surface area contributed by atoms with Crippen LogP contribution in [0.1, 0.15) is 16.1 Å². The average Bonchev–Trinajstić information content (AvgIpc) is 2.61. The highest BCUT2D eigenvalue weighted by Crippen LogP contribution is 2.22. The fourth-order valence-corrected chi connectivity index (χ4v) is 2.74. The molecule has 132 valence electrons. The number of carbonyl (C=O) groups is 2. The molecule has 0 atom stereocenters. The molecule has 0 radical (unpaired) electrons. The summed E-state index contributed by atoms with van der Waals surface area (Å²) in [5.74, 6) is -2.06. The third kappa shape index (κ3) is 3.29. The monoisotopic (exact) mass is 370 g/mol. The number of carbonyl (C=O) groups excluding carboxylic acids is 2. The number of rotatable bonds is 4. The number of hydrogen-bond donors (Lipinski definition) is 1. The van der Waals surface area contributed by atoms with Crippen LogP contribution in [-0.4, -0.2) is 21.7 Å². The molecule has 0 aliphatic heterocycles. The van der Waals surface area contributed by atoms with Crippen molar-refractivity contribution in [3.05, 3.63) is 69.1 Å². The number of aromatic carboxylic acids is 1. The molecule has 0 aliphatic carbocycles. The van der Waals surface area contributed by atoms with Gasteiger partial charge in [-0.15, -0.1) is 0 Å². The number of hydrogen-bond acceptors (Lipinski definition) is 5. The summed E-state index contributed by atoms with van der Waals surface area (Å²) >= 11 is 6.01. The van der Waals surface area contributed by atoms with Gasteiger partial charge in [0.1, 0.15) is 12.2 Å². The van der Waals surface area contributed by atoms with Crippen LogP contribution in [0.3, 0.4) is 0 Å². The van der Waals surface area contributed by atoms with Crippen molar-refractivity contribution in [1.82, 2.24) is 9.78 Å². The zero-order valence-corrected chi connectivity index (χ0v) is 14.4. The number of amides is 1. The first-order valence-electron chi connectivity index (χ1n) is 7.64. The summed E-state index contributed by atoms with van der Waals surface area (Å²) in [4.78, 5) is 36.1. The molecule has 1 aromatic heterocycles. The fraction of sp³-hybridized carbons (Fsp3) is 0.111. The summed E-state index contributed by atoms with van der Waals surface area (Å²) in [6.07, 6.45) is 0. The average molecular weight is 371 g/mol. The largest absolute Gasteiger partial charge is 0.543 e. The second kappa shape index (κ2) is 6.97. The molecule has 26 heavy (non-hydrogen) atoms. The Morgan fingerprint density at radius 2 is 1.85 bits per heavy atom. The number of aromatic nitrogens is 2. The van der Waals surface area contributed by atoms with E-state index >= 15 is 0 Å². The van der Waals surface area contributed by atoms with E-state index in [0.717, 1.165) is 4.68 Å². The molecule has 0 spiro atoms. The maximum atomic E-state index is 12.5. The van der Waals surface area contributed by atoms with Crippen molar-refractivity contribution in [2.45, 2.75) is 13.5 Å². The summed E-state index contributed by atoms with van der Waals surface area (Å²) < 4.78 is 0.808. The van der Waals surface area contributed by atoms with Gasteiger partial charge in [-0.2, -0.15) is 5.10 Å². The molecule has 0 unspecified atom stereocenters. The smallest absolute Gasteiger partial charge is 0.275 e. The number of benzene rings is 2. The maximum absolute atomic E-state index is 12.5. The lowest BCUT2D eigenvalue weighted by atomic mass is 10.1. The number of fused-ring (bicyclic) bond motifs is 1. The Labute approximate surface area is 152 Å². The van der Waals surface area contributed by atoms with Crippen molar-refractivity contribution in [3.8, 4) is 0 Å². The lowest BCUT2D eigenvalue weighted by Gasteiger charge is -2.13. The van der Waals surface area contributed by atoms with Gasteiger partial charge in [0.15, 0.2) is 0 Å². The molecule has 7 nitrogen and oxygen atoms in total. The summed E-state index contributed by atoms with van der Waals surface area (Å²) in [6, 6.07) is 11.2. The topological polar surface area (TPSA) is 104 Å². The van der Waals surface area contributed by atoms with Gasteiger partial charge < -0.3 is 15.2 Å². The molecule has 0 saturated heterocycles. The van der Waals surface area contributed by atoms with E-state index in [4.69, 9.17) is 11.6 Å². The molecule has 3 aromatic rings. The molecule has 0 bridgehead atoms. The summed E-state index contributed by atoms with van der Waals surface area (Å²) in [7, 11) is 0. The predicted molar refractivity (Wildman–Crippen MR) is 95.2 cm³/mol. The molecule has 1 heterocycles. The van der Waals surface area contributed by atoms with E-state index in [1.807, 2.05) is 0 Å². The Balaban J connectivity index is 1.97. The molecule has 0 saturated carbocycles. The van der Waals surface area contributed by atoms with Crippen molar-refractivity contribution in [1.29, 1.82) is 0 Å². The van der Waals surface area contributed by atoms with E-state index in [1.165, 1.54) is 12.1 Å². The number of anilines is 1. The Morgan fingerprint density at radius 1 is 1.15 bits per heavy atom. The van der Waals surface area contributed by atoms with Crippen molar-refractivity contribution < 1.29 is 14.7 Å². The van der Waals surface area contributed by atoms with Crippen molar-refractivity contribution >= 4 is 39.9 Å². The second-order valence-electron chi connectivity index (χ2n) is 5.61. The van der Waals surface area contributed by atoms with E-state index in [0.29, 0.717) is 16.3 Å². The minimum Gasteiger partial charge on any atom is -0.543 e. The third-order valence-corrected chi connectivity index (χ3v) is 4.31. The zero-order chi connectivity index (χ0) is 18.8. The van der Waals surface area contributed by atoms with Gasteiger partial charge in [-0.05, 0) is 30.7 Å². The first-order chi connectivity index (χ1) is 12.4. The highest BCUT2D eigenvalue weighted by atomic mass is 35.5. The van der Waals surface area contributed by atoms with Gasteiger partial charge in [-0.3, -0.25) is 9.59 Å². The first-order valence-corrected chi connectivity index (χ1v) is 8.02. The van der Waals surface area contributed by atoms with Gasteiger partial charge in [-0.25, -0.2) is 4.68 Å². The SMILES string of the molecule is Cc1c(Cl)cccc1NC(=O)Cn1nc(C(=O)[O-])c2ccccc2c1=O. The number of nitrogens with one attached hydrogen (secondary N) is 1. The van der Waals surface area contributed by atoms with E-state index < -0.39 is 29.7 Å². The van der Waals surface area contributed by atoms with Crippen molar-refractivity contribution in [3.63, 3.8) is 0 Å². The fourth-order valence-electron chi connectivity index (χ4n) is 2.56. The molecular weight excluding hydrogens is 358 g/mol. The third-order valence-electron chi connectivity index (χ3n) is 3.90. The van der Waals surface area contributed by atoms with Gasteiger partial charge in [0.2, 0.25) is 5.91 Å². The van der Waals surface area contributed by atoms with Gasteiger partial charge in [-0.1, -0.05) is 35.9 Å². The lowest BCUT2D eigenvalue weighted by molar-refractivity contribution is -0.255. The summed E-state index contributed by atoms with van der Waals surface area (Å²) in [5, 5.41) is 18.5. The van der Waals surface area contributed by atoms with Crippen LogP contribution in [0.2, 0.25) is 5.02 Å². The van der Waals surface area contributed by atoms with Crippen LogP contribution in [0, 0.1) is 6.92 Å². The number of nitrogens with zero attached hydrogens (tertiary/aromatic N) is 2. The van der Waals surface area contributed by atoms with E-state index in [9.17, 15) is 19.5 Å². The zero-order valence-electron chi connectivity index (χ0n) is 13.7.